The molecule has 0 radical (unpaired) electrons. The lowest BCUT2D eigenvalue weighted by atomic mass is 10.2. The van der Waals surface area contributed by atoms with Crippen LogP contribution < -0.4 is 5.32 Å². The number of ether oxygens (including phenoxy) is 1. The molecule has 1 N–H and O–H groups in total. The van der Waals surface area contributed by atoms with Crippen LogP contribution in [0.5, 0.6) is 0 Å². The fourth-order valence-electron chi connectivity index (χ4n) is 2.13. The van der Waals surface area contributed by atoms with Crippen LogP contribution in [0, 0.1) is 0 Å². The van der Waals surface area contributed by atoms with E-state index in [1.54, 1.807) is 6.26 Å². The summed E-state index contributed by atoms with van der Waals surface area (Å²) in [6.45, 7) is 1.40. The van der Waals surface area contributed by atoms with Gasteiger partial charge in [-0.2, -0.15) is 0 Å². The molecule has 1 aliphatic rings. The Kier molecular flexibility index (Phi) is 3.66. The van der Waals surface area contributed by atoms with Crippen molar-refractivity contribution in [3.8, 4) is 11.3 Å². The Morgan fingerprint density at radius 2 is 2.47 bits per heavy atom. The van der Waals surface area contributed by atoms with Crippen molar-refractivity contribution in [2.45, 2.75) is 18.9 Å². The van der Waals surface area contributed by atoms with Crippen LogP contribution in [0.4, 0.5) is 0 Å². The first-order valence-corrected chi connectivity index (χ1v) is 7.23. The fraction of sp³-hybridized carbons (Fsp3) is 0.357. The van der Waals surface area contributed by atoms with Crippen molar-refractivity contribution in [1.82, 2.24) is 5.32 Å². The van der Waals surface area contributed by atoms with E-state index in [1.807, 2.05) is 23.6 Å². The summed E-state index contributed by atoms with van der Waals surface area (Å²) >= 11 is 1.43. The molecule has 1 aliphatic heterocycles. The highest BCUT2D eigenvalue weighted by molar-refractivity contribution is 7.12. The largest absolute Gasteiger partial charge is 0.464 e. The van der Waals surface area contributed by atoms with Crippen LogP contribution in [0.3, 0.4) is 0 Å². The van der Waals surface area contributed by atoms with Gasteiger partial charge in [-0.1, -0.05) is 0 Å². The standard InChI is InChI=1S/C14H15NO3S/c16-14(15-8-11-3-1-5-17-11)13-7-10(9-19-13)12-4-2-6-18-12/h2,4,6-7,9,11H,1,3,5,8H2,(H,15,16). The smallest absolute Gasteiger partial charge is 0.261 e. The van der Waals surface area contributed by atoms with Gasteiger partial charge in [-0.25, -0.2) is 0 Å². The van der Waals surface area contributed by atoms with Gasteiger partial charge in [0.05, 0.1) is 17.2 Å². The van der Waals surface area contributed by atoms with Gasteiger partial charge in [0.15, 0.2) is 0 Å². The van der Waals surface area contributed by atoms with E-state index in [2.05, 4.69) is 5.32 Å². The Hall–Kier alpha value is -1.59. The minimum Gasteiger partial charge on any atom is -0.464 e. The molecule has 1 fully saturated rings. The second kappa shape index (κ2) is 5.59. The molecule has 1 unspecified atom stereocenters. The molecule has 100 valence electrons. The molecule has 0 saturated carbocycles. The number of hydrogen-bond acceptors (Lipinski definition) is 4. The molecular formula is C14H15NO3S. The average molecular weight is 277 g/mol. The normalized spacial score (nSPS) is 18.6. The zero-order valence-corrected chi connectivity index (χ0v) is 11.2. The van der Waals surface area contributed by atoms with E-state index in [4.69, 9.17) is 9.15 Å². The van der Waals surface area contributed by atoms with E-state index in [0.29, 0.717) is 11.4 Å². The number of thiophene rings is 1. The summed E-state index contributed by atoms with van der Waals surface area (Å²) in [7, 11) is 0. The highest BCUT2D eigenvalue weighted by Crippen LogP contribution is 2.25. The molecule has 2 aromatic heterocycles. The highest BCUT2D eigenvalue weighted by atomic mass is 32.1. The third kappa shape index (κ3) is 2.88. The van der Waals surface area contributed by atoms with Crippen LogP contribution in [-0.2, 0) is 4.74 Å². The van der Waals surface area contributed by atoms with E-state index in [1.165, 1.54) is 11.3 Å². The number of furan rings is 1. The predicted octanol–water partition coefficient (Wildman–Crippen LogP) is 2.92. The second-order valence-corrected chi connectivity index (χ2v) is 5.43. The van der Waals surface area contributed by atoms with Crippen molar-refractivity contribution in [1.29, 1.82) is 0 Å². The minimum absolute atomic E-state index is 0.0432. The van der Waals surface area contributed by atoms with Gasteiger partial charge < -0.3 is 14.5 Å². The molecule has 1 atom stereocenters. The van der Waals surface area contributed by atoms with Gasteiger partial charge in [0.1, 0.15) is 5.76 Å². The maximum atomic E-state index is 12.0. The molecule has 0 aromatic carbocycles. The SMILES string of the molecule is O=C(NCC1CCCO1)c1cc(-c2ccco2)cs1. The Labute approximate surface area is 115 Å². The molecule has 5 heteroatoms. The highest BCUT2D eigenvalue weighted by Gasteiger charge is 2.17. The Morgan fingerprint density at radius 3 is 3.21 bits per heavy atom. The van der Waals surface area contributed by atoms with Crippen LogP contribution in [0.1, 0.15) is 22.5 Å². The molecule has 3 rings (SSSR count). The van der Waals surface area contributed by atoms with Crippen LogP contribution in [0.25, 0.3) is 11.3 Å². The maximum absolute atomic E-state index is 12.0. The molecular weight excluding hydrogens is 262 g/mol. The van der Waals surface area contributed by atoms with Gasteiger partial charge in [-0.15, -0.1) is 11.3 Å². The Bertz CT molecular complexity index is 541. The fourth-order valence-corrected chi connectivity index (χ4v) is 2.94. The molecule has 0 aliphatic carbocycles. The zero-order chi connectivity index (χ0) is 13.1. The monoisotopic (exact) mass is 277 g/mol. The lowest BCUT2D eigenvalue weighted by molar-refractivity contribution is 0.0861. The first kappa shape index (κ1) is 12.4. The first-order valence-electron chi connectivity index (χ1n) is 6.35. The molecule has 0 bridgehead atoms. The molecule has 19 heavy (non-hydrogen) atoms. The lowest BCUT2D eigenvalue weighted by Crippen LogP contribution is -2.31. The van der Waals surface area contributed by atoms with Crippen LogP contribution in [-0.4, -0.2) is 25.2 Å². The van der Waals surface area contributed by atoms with Gasteiger partial charge in [0.2, 0.25) is 0 Å². The Morgan fingerprint density at radius 1 is 1.53 bits per heavy atom. The quantitative estimate of drug-likeness (QED) is 0.935. The predicted molar refractivity (Wildman–Crippen MR) is 73.3 cm³/mol. The third-order valence-corrected chi connectivity index (χ3v) is 4.07. The maximum Gasteiger partial charge on any atom is 0.261 e. The third-order valence-electron chi connectivity index (χ3n) is 3.14. The lowest BCUT2D eigenvalue weighted by Gasteiger charge is -2.09. The van der Waals surface area contributed by atoms with Crippen LogP contribution >= 0.6 is 11.3 Å². The Balaban J connectivity index is 1.60. The van der Waals surface area contributed by atoms with E-state index in [-0.39, 0.29) is 12.0 Å². The van der Waals surface area contributed by atoms with E-state index in [0.717, 1.165) is 30.8 Å². The molecule has 3 heterocycles. The van der Waals surface area contributed by atoms with Crippen molar-refractivity contribution in [2.24, 2.45) is 0 Å². The number of rotatable bonds is 4. The topological polar surface area (TPSA) is 51.5 Å². The number of carbonyl (C=O) groups is 1. The van der Waals surface area contributed by atoms with Crippen LogP contribution in [0.2, 0.25) is 0 Å². The minimum atomic E-state index is -0.0432. The number of nitrogens with one attached hydrogen (secondary N) is 1. The summed E-state index contributed by atoms with van der Waals surface area (Å²) in [5, 5.41) is 4.85. The average Bonchev–Trinajstić information content (AvgIpc) is 3.14. The van der Waals surface area contributed by atoms with Gasteiger partial charge in [0, 0.05) is 24.1 Å². The molecule has 4 nitrogen and oxygen atoms in total. The van der Waals surface area contributed by atoms with Gasteiger partial charge in [-0.05, 0) is 31.0 Å². The van der Waals surface area contributed by atoms with Gasteiger partial charge >= 0.3 is 0 Å². The summed E-state index contributed by atoms with van der Waals surface area (Å²) in [6.07, 6.45) is 3.92. The van der Waals surface area contributed by atoms with Crippen molar-refractivity contribution in [3.05, 3.63) is 34.7 Å². The van der Waals surface area contributed by atoms with E-state index in [9.17, 15) is 4.79 Å². The second-order valence-electron chi connectivity index (χ2n) is 4.52. The van der Waals surface area contributed by atoms with Crippen molar-refractivity contribution < 1.29 is 13.9 Å². The van der Waals surface area contributed by atoms with E-state index < -0.39 is 0 Å². The number of amides is 1. The summed E-state index contributed by atoms with van der Waals surface area (Å²) in [5.41, 5.74) is 0.942. The summed E-state index contributed by atoms with van der Waals surface area (Å²) < 4.78 is 10.8. The molecule has 0 spiro atoms. The summed E-state index contributed by atoms with van der Waals surface area (Å²) in [5.74, 6) is 0.743. The number of carbonyl (C=O) groups excluding carboxylic acids is 1. The summed E-state index contributed by atoms with van der Waals surface area (Å²) in [4.78, 5) is 12.7. The van der Waals surface area contributed by atoms with Gasteiger partial charge in [0.25, 0.3) is 5.91 Å². The van der Waals surface area contributed by atoms with Crippen molar-refractivity contribution in [3.63, 3.8) is 0 Å². The molecule has 1 amide bonds. The van der Waals surface area contributed by atoms with E-state index >= 15 is 0 Å². The molecule has 2 aromatic rings. The molecule has 1 saturated heterocycles. The first-order chi connectivity index (χ1) is 9.33. The number of hydrogen-bond donors (Lipinski definition) is 1. The summed E-state index contributed by atoms with van der Waals surface area (Å²) in [6, 6.07) is 5.58. The van der Waals surface area contributed by atoms with Gasteiger partial charge in [-0.3, -0.25) is 4.79 Å². The van der Waals surface area contributed by atoms with Crippen LogP contribution in [0.15, 0.2) is 34.3 Å². The zero-order valence-electron chi connectivity index (χ0n) is 10.4. The van der Waals surface area contributed by atoms with Crippen molar-refractivity contribution >= 4 is 17.2 Å². The van der Waals surface area contributed by atoms with Crippen molar-refractivity contribution in [2.75, 3.05) is 13.2 Å².